The minimum atomic E-state index is -4.07. The minimum absolute atomic E-state index is 0.0679. The molecular formula is C12H10ClNO5S. The smallest absolute Gasteiger partial charge is 0.265 e. The van der Waals surface area contributed by atoms with E-state index in [4.69, 9.17) is 15.4 Å². The second-order valence-electron chi connectivity index (χ2n) is 3.85. The van der Waals surface area contributed by atoms with Crippen LogP contribution in [0.15, 0.2) is 35.2 Å². The van der Waals surface area contributed by atoms with E-state index in [9.17, 15) is 18.0 Å². The molecule has 0 unspecified atom stereocenters. The van der Waals surface area contributed by atoms with Crippen molar-refractivity contribution < 1.29 is 22.7 Å². The van der Waals surface area contributed by atoms with Gasteiger partial charge in [-0.25, -0.2) is 13.3 Å². The molecule has 0 fully saturated rings. The van der Waals surface area contributed by atoms with Gasteiger partial charge < -0.3 is 4.74 Å². The van der Waals surface area contributed by atoms with Gasteiger partial charge in [0.1, 0.15) is 10.6 Å². The molecule has 0 atom stereocenters. The Morgan fingerprint density at radius 1 is 1.20 bits per heavy atom. The number of carbonyl (C=O) groups excluding carboxylic acids is 2. The molecule has 1 aromatic rings. The third kappa shape index (κ3) is 2.68. The Morgan fingerprint density at radius 3 is 2.30 bits per heavy atom. The Bertz CT molecular complexity index is 693. The van der Waals surface area contributed by atoms with Gasteiger partial charge in [0.15, 0.2) is 0 Å². The maximum absolute atomic E-state index is 11.6. The molecule has 2 rings (SSSR count). The van der Waals surface area contributed by atoms with E-state index in [0.29, 0.717) is 0 Å². The number of imide groups is 1. The third-order valence-electron chi connectivity index (χ3n) is 2.56. The second kappa shape index (κ2) is 5.26. The lowest BCUT2D eigenvalue weighted by atomic mass is 10.2. The average Bonchev–Trinajstić information content (AvgIpc) is 2.69. The molecule has 8 heteroatoms. The van der Waals surface area contributed by atoms with Gasteiger partial charge in [0.05, 0.1) is 12.3 Å². The zero-order valence-electron chi connectivity index (χ0n) is 10.4. The molecule has 0 aromatic heterocycles. The van der Waals surface area contributed by atoms with Crippen molar-refractivity contribution in [3.05, 3.63) is 30.4 Å². The number of hydrogen-bond acceptors (Lipinski definition) is 5. The molecule has 106 valence electrons. The first-order valence-electron chi connectivity index (χ1n) is 5.62. The van der Waals surface area contributed by atoms with Crippen LogP contribution in [0.2, 0.25) is 0 Å². The monoisotopic (exact) mass is 315 g/mol. The van der Waals surface area contributed by atoms with Crippen LogP contribution in [-0.4, -0.2) is 26.8 Å². The fraction of sp³-hybridized carbons (Fsp3) is 0.167. The van der Waals surface area contributed by atoms with Gasteiger partial charge in [0.2, 0.25) is 0 Å². The summed E-state index contributed by atoms with van der Waals surface area (Å²) in [4.78, 5) is 23.7. The summed E-state index contributed by atoms with van der Waals surface area (Å²) in [6, 6.07) is 3.91. The van der Waals surface area contributed by atoms with Gasteiger partial charge in [-0.1, -0.05) is 0 Å². The number of benzene rings is 1. The van der Waals surface area contributed by atoms with E-state index in [1.807, 2.05) is 0 Å². The molecule has 0 aliphatic carbocycles. The molecule has 0 N–H and O–H groups in total. The van der Waals surface area contributed by atoms with Crippen molar-refractivity contribution in [1.29, 1.82) is 0 Å². The van der Waals surface area contributed by atoms with Crippen LogP contribution in [0.3, 0.4) is 0 Å². The highest BCUT2D eigenvalue weighted by Gasteiger charge is 2.27. The summed E-state index contributed by atoms with van der Waals surface area (Å²) in [7, 11) is 1.27. The highest BCUT2D eigenvalue weighted by molar-refractivity contribution is 8.13. The summed E-state index contributed by atoms with van der Waals surface area (Å²) in [5.74, 6) is -1.02. The van der Waals surface area contributed by atoms with Gasteiger partial charge in [-0.15, -0.1) is 0 Å². The van der Waals surface area contributed by atoms with Crippen molar-refractivity contribution in [1.82, 2.24) is 0 Å². The van der Waals surface area contributed by atoms with Crippen molar-refractivity contribution >= 4 is 37.2 Å². The maximum atomic E-state index is 11.6. The zero-order valence-corrected chi connectivity index (χ0v) is 11.9. The maximum Gasteiger partial charge on any atom is 0.265 e. The lowest BCUT2D eigenvalue weighted by Gasteiger charge is -2.16. The van der Waals surface area contributed by atoms with Gasteiger partial charge in [-0.2, -0.15) is 0 Å². The Balaban J connectivity index is 2.53. The van der Waals surface area contributed by atoms with Gasteiger partial charge in [-0.05, 0) is 25.1 Å². The first-order valence-corrected chi connectivity index (χ1v) is 7.93. The van der Waals surface area contributed by atoms with Crippen molar-refractivity contribution in [2.24, 2.45) is 0 Å². The molecule has 0 radical (unpaired) electrons. The van der Waals surface area contributed by atoms with Crippen LogP contribution in [0.1, 0.15) is 6.92 Å². The molecule has 0 spiro atoms. The summed E-state index contributed by atoms with van der Waals surface area (Å²) in [5, 5.41) is 0. The summed E-state index contributed by atoms with van der Waals surface area (Å²) in [6.45, 7) is 1.94. The number of nitrogens with zero attached hydrogens (tertiary/aromatic N) is 1. The first-order chi connectivity index (χ1) is 9.34. The molecule has 2 amide bonds. The topological polar surface area (TPSA) is 80.8 Å². The fourth-order valence-electron chi connectivity index (χ4n) is 1.76. The third-order valence-corrected chi connectivity index (χ3v) is 3.90. The lowest BCUT2D eigenvalue weighted by Crippen LogP contribution is -2.29. The van der Waals surface area contributed by atoms with Crippen LogP contribution in [-0.2, 0) is 18.6 Å². The Kier molecular flexibility index (Phi) is 3.82. The predicted molar refractivity (Wildman–Crippen MR) is 72.3 cm³/mol. The summed E-state index contributed by atoms with van der Waals surface area (Å²) >= 11 is 0. The summed E-state index contributed by atoms with van der Waals surface area (Å²) in [5.41, 5.74) is 0.118. The van der Waals surface area contributed by atoms with Crippen LogP contribution in [0.5, 0.6) is 5.75 Å². The predicted octanol–water partition coefficient (Wildman–Crippen LogP) is 1.44. The van der Waals surface area contributed by atoms with Crippen LogP contribution in [0.4, 0.5) is 5.69 Å². The van der Waals surface area contributed by atoms with Gasteiger partial charge in [0.25, 0.3) is 20.9 Å². The minimum Gasteiger partial charge on any atom is -0.492 e. The number of ether oxygens (including phenoxy) is 1. The molecular weight excluding hydrogens is 306 g/mol. The molecule has 20 heavy (non-hydrogen) atoms. The van der Waals surface area contributed by atoms with E-state index >= 15 is 0 Å². The Labute approximate surface area is 120 Å². The highest BCUT2D eigenvalue weighted by atomic mass is 35.7. The van der Waals surface area contributed by atoms with Crippen molar-refractivity contribution in [2.75, 3.05) is 11.5 Å². The number of carbonyl (C=O) groups is 2. The quantitative estimate of drug-likeness (QED) is 0.620. The number of rotatable bonds is 4. The molecule has 0 saturated heterocycles. The highest BCUT2D eigenvalue weighted by Crippen LogP contribution is 2.32. The van der Waals surface area contributed by atoms with E-state index in [0.717, 1.165) is 23.1 Å². The van der Waals surface area contributed by atoms with E-state index < -0.39 is 20.9 Å². The molecule has 0 saturated carbocycles. The van der Waals surface area contributed by atoms with Crippen LogP contribution >= 0.6 is 10.7 Å². The van der Waals surface area contributed by atoms with Gasteiger partial charge >= 0.3 is 0 Å². The van der Waals surface area contributed by atoms with Gasteiger partial charge in [0, 0.05) is 22.8 Å². The van der Waals surface area contributed by atoms with Gasteiger partial charge in [-0.3, -0.25) is 9.59 Å². The summed E-state index contributed by atoms with van der Waals surface area (Å²) in [6.07, 6.45) is 2.21. The SMILES string of the molecule is CCOc1ccc(N2C(=O)C=CC2=O)cc1S(=O)(=O)Cl. The van der Waals surface area contributed by atoms with E-state index in [-0.39, 0.29) is 22.9 Å². The lowest BCUT2D eigenvalue weighted by molar-refractivity contribution is -0.119. The largest absolute Gasteiger partial charge is 0.492 e. The van der Waals surface area contributed by atoms with Crippen molar-refractivity contribution in [3.8, 4) is 5.75 Å². The molecule has 1 heterocycles. The number of halogens is 1. The molecule has 6 nitrogen and oxygen atoms in total. The fourth-order valence-corrected chi connectivity index (χ4v) is 2.75. The normalized spacial score (nSPS) is 15.0. The standard InChI is InChI=1S/C12H10ClNO5S/c1-2-19-9-4-3-8(7-10(9)20(13,17)18)14-11(15)5-6-12(14)16/h3-7H,2H2,1H3. The number of anilines is 1. The van der Waals surface area contributed by atoms with Crippen LogP contribution in [0.25, 0.3) is 0 Å². The molecule has 1 aliphatic heterocycles. The van der Waals surface area contributed by atoms with Crippen LogP contribution < -0.4 is 9.64 Å². The van der Waals surface area contributed by atoms with Crippen molar-refractivity contribution in [3.63, 3.8) is 0 Å². The first kappa shape index (κ1) is 14.5. The Hall–Kier alpha value is -1.86. The molecule has 1 aliphatic rings. The van der Waals surface area contributed by atoms with E-state index in [1.165, 1.54) is 12.1 Å². The van der Waals surface area contributed by atoms with E-state index in [1.54, 1.807) is 6.92 Å². The molecule has 0 bridgehead atoms. The zero-order chi connectivity index (χ0) is 14.9. The van der Waals surface area contributed by atoms with Crippen LogP contribution in [0, 0.1) is 0 Å². The van der Waals surface area contributed by atoms with Crippen molar-refractivity contribution in [2.45, 2.75) is 11.8 Å². The summed E-state index contributed by atoms with van der Waals surface area (Å²) < 4.78 is 28.2. The number of amides is 2. The number of hydrogen-bond donors (Lipinski definition) is 0. The second-order valence-corrected chi connectivity index (χ2v) is 6.38. The average molecular weight is 316 g/mol. The van der Waals surface area contributed by atoms with E-state index in [2.05, 4.69) is 0 Å². The molecule has 1 aromatic carbocycles. The Morgan fingerprint density at radius 2 is 1.80 bits per heavy atom.